The average molecular weight is 416 g/mol. The zero-order chi connectivity index (χ0) is 19.6. The molecular weight excluding hydrogens is 398 g/mol. The predicted molar refractivity (Wildman–Crippen MR) is 117 cm³/mol. The van der Waals surface area contributed by atoms with Crippen LogP contribution in [0.3, 0.4) is 0 Å². The second-order valence-electron chi connectivity index (χ2n) is 6.57. The Labute approximate surface area is 176 Å². The minimum Gasteiger partial charge on any atom is -0.309 e. The average Bonchev–Trinajstić information content (AvgIpc) is 3.41. The Hall–Kier alpha value is -3.03. The summed E-state index contributed by atoms with van der Waals surface area (Å²) in [7, 11) is 2.00. The first kappa shape index (κ1) is 18.0. The van der Waals surface area contributed by atoms with Crippen LogP contribution in [0.4, 0.5) is 0 Å². The summed E-state index contributed by atoms with van der Waals surface area (Å²) in [5.41, 5.74) is 2.15. The second-order valence-corrected chi connectivity index (χ2v) is 8.47. The topological polar surface area (TPSA) is 56.5 Å². The highest BCUT2D eigenvalue weighted by atomic mass is 32.2. The number of thiophene rings is 1. The van der Waals surface area contributed by atoms with Gasteiger partial charge in [-0.25, -0.2) is 9.97 Å². The normalized spacial score (nSPS) is 11.2. The van der Waals surface area contributed by atoms with Gasteiger partial charge in [0.25, 0.3) is 0 Å². The number of hydrogen-bond donors (Lipinski definition) is 0. The van der Waals surface area contributed by atoms with E-state index >= 15 is 0 Å². The van der Waals surface area contributed by atoms with Gasteiger partial charge in [-0.3, -0.25) is 0 Å². The lowest BCUT2D eigenvalue weighted by Crippen LogP contribution is -2.00. The van der Waals surface area contributed by atoms with Gasteiger partial charge in [-0.2, -0.15) is 0 Å². The van der Waals surface area contributed by atoms with Crippen LogP contribution in [0.5, 0.6) is 0 Å². The molecule has 0 aliphatic rings. The molecule has 29 heavy (non-hydrogen) atoms. The van der Waals surface area contributed by atoms with E-state index in [9.17, 15) is 0 Å². The Bertz CT molecular complexity index is 1260. The lowest BCUT2D eigenvalue weighted by molar-refractivity contribution is 0.748. The lowest BCUT2D eigenvalue weighted by atomic mass is 10.1. The zero-order valence-corrected chi connectivity index (χ0v) is 17.3. The van der Waals surface area contributed by atoms with Gasteiger partial charge in [-0.15, -0.1) is 21.5 Å². The third kappa shape index (κ3) is 3.66. The van der Waals surface area contributed by atoms with Crippen LogP contribution in [0.25, 0.3) is 21.6 Å². The van der Waals surface area contributed by atoms with Crippen LogP contribution in [0.15, 0.2) is 82.3 Å². The number of hydrogen-bond acceptors (Lipinski definition) is 6. The van der Waals surface area contributed by atoms with Gasteiger partial charge in [-0.1, -0.05) is 54.6 Å². The smallest absolute Gasteiger partial charge is 0.197 e. The van der Waals surface area contributed by atoms with Gasteiger partial charge in [0.2, 0.25) is 0 Å². The van der Waals surface area contributed by atoms with Gasteiger partial charge in [0.15, 0.2) is 11.0 Å². The molecular formula is C22H17N5S2. The molecule has 142 valence electrons. The van der Waals surface area contributed by atoms with Crippen molar-refractivity contribution in [2.45, 2.75) is 16.6 Å². The first-order valence-corrected chi connectivity index (χ1v) is 10.9. The molecule has 0 atom stereocenters. The van der Waals surface area contributed by atoms with Crippen LogP contribution >= 0.6 is 23.1 Å². The molecule has 3 aromatic heterocycles. The Morgan fingerprint density at radius 1 is 0.897 bits per heavy atom. The number of fused-ring (bicyclic) bond motifs is 1. The number of rotatable bonds is 5. The summed E-state index contributed by atoms with van der Waals surface area (Å²) in [6.45, 7) is 0. The highest BCUT2D eigenvalue weighted by Crippen LogP contribution is 2.33. The van der Waals surface area contributed by atoms with E-state index < -0.39 is 0 Å². The summed E-state index contributed by atoms with van der Waals surface area (Å²) in [4.78, 5) is 10.7. The van der Waals surface area contributed by atoms with Crippen LogP contribution in [-0.4, -0.2) is 24.7 Å². The monoisotopic (exact) mass is 415 g/mol. The van der Waals surface area contributed by atoms with Gasteiger partial charge in [0.05, 0.1) is 10.4 Å². The summed E-state index contributed by atoms with van der Waals surface area (Å²) in [6, 6.07) is 22.5. The fraction of sp³-hybridized carbons (Fsp3) is 0.0909. The molecule has 0 saturated heterocycles. The van der Waals surface area contributed by atoms with Crippen LogP contribution in [0, 0.1) is 0 Å². The third-order valence-corrected chi connectivity index (χ3v) is 6.54. The van der Waals surface area contributed by atoms with Crippen molar-refractivity contribution in [3.63, 3.8) is 0 Å². The number of benzene rings is 2. The van der Waals surface area contributed by atoms with Gasteiger partial charge in [0, 0.05) is 18.9 Å². The van der Waals surface area contributed by atoms with Crippen molar-refractivity contribution >= 4 is 34.0 Å². The largest absolute Gasteiger partial charge is 0.309 e. The van der Waals surface area contributed by atoms with Gasteiger partial charge in [-0.05, 0) is 34.8 Å². The van der Waals surface area contributed by atoms with Crippen molar-refractivity contribution < 1.29 is 0 Å². The maximum atomic E-state index is 4.85. The highest BCUT2D eigenvalue weighted by Gasteiger charge is 2.16. The predicted octanol–water partition coefficient (Wildman–Crippen LogP) is 5.23. The molecule has 5 aromatic rings. The van der Waals surface area contributed by atoms with Gasteiger partial charge < -0.3 is 4.57 Å². The van der Waals surface area contributed by atoms with E-state index in [0.717, 1.165) is 44.0 Å². The summed E-state index contributed by atoms with van der Waals surface area (Å²) in [6.07, 6.45) is 0.746. The van der Waals surface area contributed by atoms with Gasteiger partial charge >= 0.3 is 0 Å². The summed E-state index contributed by atoms with van der Waals surface area (Å²) in [5.74, 6) is 1.67. The van der Waals surface area contributed by atoms with Crippen molar-refractivity contribution in [1.82, 2.24) is 24.7 Å². The first-order valence-electron chi connectivity index (χ1n) is 9.18. The van der Waals surface area contributed by atoms with Crippen molar-refractivity contribution in [1.29, 1.82) is 0 Å². The van der Waals surface area contributed by atoms with E-state index in [2.05, 4.69) is 28.4 Å². The number of aromatic nitrogens is 5. The minimum absolute atomic E-state index is 0.743. The molecule has 0 spiro atoms. The second kappa shape index (κ2) is 7.77. The van der Waals surface area contributed by atoms with E-state index in [1.54, 1.807) is 11.3 Å². The Morgan fingerprint density at radius 2 is 1.72 bits per heavy atom. The van der Waals surface area contributed by atoms with Crippen LogP contribution in [0.1, 0.15) is 11.4 Å². The Kier molecular flexibility index (Phi) is 4.83. The van der Waals surface area contributed by atoms with E-state index in [1.165, 1.54) is 17.3 Å². The molecule has 0 radical (unpaired) electrons. The molecule has 7 heteroatoms. The van der Waals surface area contributed by atoms with Crippen LogP contribution in [-0.2, 0) is 13.5 Å². The van der Waals surface area contributed by atoms with Crippen LogP contribution in [0.2, 0.25) is 0 Å². The maximum absolute atomic E-state index is 4.85. The Balaban J connectivity index is 1.52. The molecule has 0 fully saturated rings. The molecule has 0 aliphatic heterocycles. The zero-order valence-electron chi connectivity index (χ0n) is 15.7. The van der Waals surface area contributed by atoms with E-state index in [-0.39, 0.29) is 0 Å². The summed E-state index contributed by atoms with van der Waals surface area (Å²) < 4.78 is 2.04. The molecule has 0 saturated carbocycles. The van der Waals surface area contributed by atoms with Crippen molar-refractivity contribution in [2.75, 3.05) is 0 Å². The molecule has 5 nitrogen and oxygen atoms in total. The van der Waals surface area contributed by atoms with E-state index in [0.29, 0.717) is 0 Å². The molecule has 0 aliphatic carbocycles. The van der Waals surface area contributed by atoms with Crippen LogP contribution < -0.4 is 0 Å². The summed E-state index contributed by atoms with van der Waals surface area (Å²) in [5, 5.41) is 13.6. The molecule has 0 bridgehead atoms. The van der Waals surface area contributed by atoms with Crippen molar-refractivity contribution in [3.05, 3.63) is 83.5 Å². The molecule has 2 aromatic carbocycles. The minimum atomic E-state index is 0.743. The quantitative estimate of drug-likeness (QED) is 0.368. The molecule has 0 N–H and O–H groups in total. The number of nitrogens with zero attached hydrogens (tertiary/aromatic N) is 5. The fourth-order valence-corrected chi connectivity index (χ4v) is 4.66. The fourth-order valence-electron chi connectivity index (χ4n) is 3.09. The molecule has 3 heterocycles. The van der Waals surface area contributed by atoms with E-state index in [4.69, 9.17) is 9.97 Å². The summed E-state index contributed by atoms with van der Waals surface area (Å²) >= 11 is 3.17. The van der Waals surface area contributed by atoms with Gasteiger partial charge in [0.1, 0.15) is 10.9 Å². The molecule has 0 amide bonds. The lowest BCUT2D eigenvalue weighted by Gasteiger charge is -2.08. The highest BCUT2D eigenvalue weighted by molar-refractivity contribution is 7.99. The van der Waals surface area contributed by atoms with Crippen molar-refractivity contribution in [3.8, 4) is 10.7 Å². The standard InChI is InChI=1S/C22H17N5S2/c1-27-19(14-15-8-3-2-4-9-15)25-26-22(27)29-21-16-10-5-6-11-17(16)23-20(24-21)18-12-7-13-28-18/h2-13H,14H2,1H3. The maximum Gasteiger partial charge on any atom is 0.197 e. The van der Waals surface area contributed by atoms with Crippen molar-refractivity contribution in [2.24, 2.45) is 7.05 Å². The number of para-hydroxylation sites is 1. The SMILES string of the molecule is Cn1c(Cc2ccccc2)nnc1Sc1nc(-c2cccs2)nc2ccccc12. The molecule has 5 rings (SSSR count). The first-order chi connectivity index (χ1) is 14.3. The molecule has 0 unspecified atom stereocenters. The third-order valence-electron chi connectivity index (χ3n) is 4.63. The Morgan fingerprint density at radius 3 is 2.55 bits per heavy atom. The van der Waals surface area contributed by atoms with E-state index in [1.807, 2.05) is 65.5 Å².